The quantitative estimate of drug-likeness (QED) is 0.624. The third kappa shape index (κ3) is 4.29. The third-order valence-corrected chi connectivity index (χ3v) is 6.55. The van der Waals surface area contributed by atoms with Gasteiger partial charge >= 0.3 is 7.12 Å². The van der Waals surface area contributed by atoms with E-state index in [-0.39, 0.29) is 18.2 Å². The second-order valence-corrected chi connectivity index (χ2v) is 9.25. The normalized spacial score (nSPS) is 18.3. The van der Waals surface area contributed by atoms with Crippen molar-refractivity contribution in [3.05, 3.63) is 72.1 Å². The van der Waals surface area contributed by atoms with Gasteiger partial charge in [0, 0.05) is 30.7 Å². The number of fused-ring (bicyclic) bond motifs is 1. The SMILES string of the molecule is CC1(C)OB(c2cccc(C(CN)C(=O)Cc3ccc4cnccc4c3)c2)OC1(C)C. The molecule has 1 unspecified atom stereocenters. The van der Waals surface area contributed by atoms with Crippen LogP contribution in [0.25, 0.3) is 10.8 Å². The molecule has 1 fully saturated rings. The lowest BCUT2D eigenvalue weighted by atomic mass is 9.77. The maximum absolute atomic E-state index is 13.2. The molecule has 5 nitrogen and oxygen atoms in total. The first-order chi connectivity index (χ1) is 14.7. The number of hydrogen-bond acceptors (Lipinski definition) is 5. The number of aromatic nitrogens is 1. The molecule has 0 bridgehead atoms. The molecular formula is C25H29BN2O3. The summed E-state index contributed by atoms with van der Waals surface area (Å²) in [5.41, 5.74) is 7.99. The van der Waals surface area contributed by atoms with Gasteiger partial charge in [-0.15, -0.1) is 0 Å². The van der Waals surface area contributed by atoms with Crippen LogP contribution in [0.2, 0.25) is 0 Å². The highest BCUT2D eigenvalue weighted by molar-refractivity contribution is 6.62. The van der Waals surface area contributed by atoms with E-state index in [2.05, 4.69) is 4.98 Å². The summed E-state index contributed by atoms with van der Waals surface area (Å²) in [6.07, 6.45) is 3.92. The molecule has 2 aromatic carbocycles. The summed E-state index contributed by atoms with van der Waals surface area (Å²) in [7, 11) is -0.465. The number of benzene rings is 2. The van der Waals surface area contributed by atoms with Crippen LogP contribution in [-0.4, -0.2) is 35.6 Å². The van der Waals surface area contributed by atoms with Crippen LogP contribution in [0.15, 0.2) is 60.9 Å². The van der Waals surface area contributed by atoms with Gasteiger partial charge in [0.25, 0.3) is 0 Å². The van der Waals surface area contributed by atoms with Crippen molar-refractivity contribution in [2.45, 2.75) is 51.2 Å². The van der Waals surface area contributed by atoms with Crippen LogP contribution in [-0.2, 0) is 20.5 Å². The van der Waals surface area contributed by atoms with Gasteiger partial charge in [0.15, 0.2) is 0 Å². The predicted octanol–water partition coefficient (Wildman–Crippen LogP) is 3.39. The van der Waals surface area contributed by atoms with Crippen LogP contribution in [0, 0.1) is 0 Å². The molecule has 3 aromatic rings. The average Bonchev–Trinajstić information content (AvgIpc) is 2.96. The largest absolute Gasteiger partial charge is 0.494 e. The Morgan fingerprint density at radius 2 is 1.77 bits per heavy atom. The first-order valence-corrected chi connectivity index (χ1v) is 10.7. The number of Topliss-reactive ketones (excluding diaryl/α,β-unsaturated/α-hetero) is 1. The van der Waals surface area contributed by atoms with Crippen LogP contribution in [0.3, 0.4) is 0 Å². The molecule has 1 aliphatic heterocycles. The van der Waals surface area contributed by atoms with E-state index in [0.717, 1.165) is 27.4 Å². The van der Waals surface area contributed by atoms with Crippen molar-refractivity contribution in [2.24, 2.45) is 5.73 Å². The third-order valence-electron chi connectivity index (χ3n) is 6.55. The van der Waals surface area contributed by atoms with Crippen molar-refractivity contribution in [1.29, 1.82) is 0 Å². The maximum Gasteiger partial charge on any atom is 0.494 e. The molecule has 2 N–H and O–H groups in total. The highest BCUT2D eigenvalue weighted by Crippen LogP contribution is 2.36. The summed E-state index contributed by atoms with van der Waals surface area (Å²) in [5.74, 6) is -0.280. The van der Waals surface area contributed by atoms with Crippen molar-refractivity contribution in [1.82, 2.24) is 4.98 Å². The van der Waals surface area contributed by atoms with E-state index in [1.807, 2.05) is 82.4 Å². The van der Waals surface area contributed by atoms with E-state index in [4.69, 9.17) is 15.0 Å². The lowest BCUT2D eigenvalue weighted by Gasteiger charge is -2.32. The Hall–Kier alpha value is -2.54. The Morgan fingerprint density at radius 3 is 2.48 bits per heavy atom. The molecule has 0 saturated carbocycles. The molecule has 2 heterocycles. The minimum absolute atomic E-state index is 0.0991. The summed E-state index contributed by atoms with van der Waals surface area (Å²) in [4.78, 5) is 17.3. The maximum atomic E-state index is 13.2. The number of ketones is 1. The van der Waals surface area contributed by atoms with Gasteiger partial charge in [0.05, 0.1) is 17.1 Å². The first-order valence-electron chi connectivity index (χ1n) is 10.7. The smallest absolute Gasteiger partial charge is 0.399 e. The summed E-state index contributed by atoms with van der Waals surface area (Å²) in [6, 6.07) is 15.8. The van der Waals surface area contributed by atoms with Crippen LogP contribution in [0.5, 0.6) is 0 Å². The van der Waals surface area contributed by atoms with Gasteiger partial charge in [0.2, 0.25) is 0 Å². The van der Waals surface area contributed by atoms with Gasteiger partial charge in [0.1, 0.15) is 5.78 Å². The fourth-order valence-electron chi connectivity index (χ4n) is 3.92. The number of nitrogens with zero attached hydrogens (tertiary/aromatic N) is 1. The highest BCUT2D eigenvalue weighted by Gasteiger charge is 2.51. The lowest BCUT2D eigenvalue weighted by molar-refractivity contribution is -0.119. The summed E-state index contributed by atoms with van der Waals surface area (Å²) >= 11 is 0. The molecule has 1 atom stereocenters. The first kappa shape index (κ1) is 21.7. The molecule has 1 saturated heterocycles. The van der Waals surface area contributed by atoms with Crippen molar-refractivity contribution < 1.29 is 14.1 Å². The van der Waals surface area contributed by atoms with E-state index in [9.17, 15) is 4.79 Å². The minimum atomic E-state index is -0.465. The molecule has 31 heavy (non-hydrogen) atoms. The number of carbonyl (C=O) groups excluding carboxylic acids is 1. The van der Waals surface area contributed by atoms with Gasteiger partial charge in [-0.3, -0.25) is 9.78 Å². The number of carbonyl (C=O) groups is 1. The zero-order valence-corrected chi connectivity index (χ0v) is 18.6. The zero-order chi connectivity index (χ0) is 22.2. The monoisotopic (exact) mass is 416 g/mol. The van der Waals surface area contributed by atoms with Crippen molar-refractivity contribution >= 4 is 29.1 Å². The van der Waals surface area contributed by atoms with Gasteiger partial charge in [-0.2, -0.15) is 0 Å². The second kappa shape index (κ2) is 8.19. The average molecular weight is 416 g/mol. The fourth-order valence-corrected chi connectivity index (χ4v) is 3.92. The Balaban J connectivity index is 1.54. The van der Waals surface area contributed by atoms with E-state index in [1.54, 1.807) is 6.20 Å². The molecule has 4 rings (SSSR count). The Morgan fingerprint density at radius 1 is 1.03 bits per heavy atom. The molecule has 160 valence electrons. The van der Waals surface area contributed by atoms with Crippen molar-refractivity contribution in [2.75, 3.05) is 6.54 Å². The molecule has 0 radical (unpaired) electrons. The van der Waals surface area contributed by atoms with Gasteiger partial charge in [-0.25, -0.2) is 0 Å². The van der Waals surface area contributed by atoms with Gasteiger partial charge < -0.3 is 15.0 Å². The number of rotatable bonds is 6. The predicted molar refractivity (Wildman–Crippen MR) is 124 cm³/mol. The standard InChI is InChI=1S/C25H29BN2O3/c1-24(2)25(3,4)31-26(30-24)21-7-5-6-19(14-21)22(15-27)23(29)13-17-8-9-20-16-28-11-10-18(20)12-17/h5-12,14,16,22H,13,15,27H2,1-4H3. The molecule has 0 amide bonds. The molecule has 1 aliphatic rings. The Labute approximate surface area is 184 Å². The zero-order valence-electron chi connectivity index (χ0n) is 18.6. The second-order valence-electron chi connectivity index (χ2n) is 9.25. The topological polar surface area (TPSA) is 74.4 Å². The number of hydrogen-bond donors (Lipinski definition) is 1. The van der Waals surface area contributed by atoms with Crippen LogP contribution < -0.4 is 11.2 Å². The Bertz CT molecular complexity index is 1100. The summed E-state index contributed by atoms with van der Waals surface area (Å²) in [5, 5.41) is 2.14. The van der Waals surface area contributed by atoms with E-state index >= 15 is 0 Å². The van der Waals surface area contributed by atoms with E-state index in [0.29, 0.717) is 6.42 Å². The minimum Gasteiger partial charge on any atom is -0.399 e. The molecule has 0 spiro atoms. The Kier molecular flexibility index (Phi) is 5.73. The van der Waals surface area contributed by atoms with Gasteiger partial charge in [-0.05, 0) is 55.7 Å². The number of pyridine rings is 1. The van der Waals surface area contributed by atoms with Crippen LogP contribution in [0.1, 0.15) is 44.7 Å². The lowest BCUT2D eigenvalue weighted by Crippen LogP contribution is -2.41. The van der Waals surface area contributed by atoms with Gasteiger partial charge in [-0.1, -0.05) is 42.5 Å². The molecular weight excluding hydrogens is 387 g/mol. The summed E-state index contributed by atoms with van der Waals surface area (Å²) < 4.78 is 12.3. The van der Waals surface area contributed by atoms with E-state index in [1.165, 1.54) is 0 Å². The molecule has 0 aliphatic carbocycles. The van der Waals surface area contributed by atoms with Crippen molar-refractivity contribution in [3.63, 3.8) is 0 Å². The number of nitrogens with two attached hydrogens (primary N) is 1. The molecule has 1 aromatic heterocycles. The fraction of sp³-hybridized carbons (Fsp3) is 0.360. The van der Waals surface area contributed by atoms with Crippen molar-refractivity contribution in [3.8, 4) is 0 Å². The van der Waals surface area contributed by atoms with Crippen LogP contribution in [0.4, 0.5) is 0 Å². The highest BCUT2D eigenvalue weighted by atomic mass is 16.7. The van der Waals surface area contributed by atoms with E-state index < -0.39 is 18.3 Å². The molecule has 6 heteroatoms. The van der Waals surface area contributed by atoms with Crippen LogP contribution >= 0.6 is 0 Å². The summed E-state index contributed by atoms with van der Waals surface area (Å²) in [6.45, 7) is 8.37.